The van der Waals surface area contributed by atoms with Crippen LogP contribution in [0.1, 0.15) is 13.8 Å². The number of nitrogens with zero attached hydrogens (tertiary/aromatic N) is 1. The molecule has 0 aliphatic heterocycles. The van der Waals surface area contributed by atoms with E-state index in [2.05, 4.69) is 28.4 Å². The maximum Gasteiger partial charge on any atom is 0.266 e. The SMILES string of the molecule is CCN(CC)[SiH](NC)NC. The molecule has 0 radical (unpaired) electrons. The lowest BCUT2D eigenvalue weighted by Gasteiger charge is -2.26. The van der Waals surface area contributed by atoms with Gasteiger partial charge < -0.3 is 14.5 Å². The van der Waals surface area contributed by atoms with Crippen LogP contribution in [0.25, 0.3) is 0 Å². The Hall–Kier alpha value is 0.0969. The van der Waals surface area contributed by atoms with Crippen molar-refractivity contribution in [2.75, 3.05) is 27.2 Å². The van der Waals surface area contributed by atoms with Crippen LogP contribution in [0.3, 0.4) is 0 Å². The first kappa shape index (κ1) is 10.1. The van der Waals surface area contributed by atoms with Crippen molar-refractivity contribution in [2.24, 2.45) is 0 Å². The third-order valence-corrected chi connectivity index (χ3v) is 4.28. The molecule has 0 saturated carbocycles. The minimum atomic E-state index is -0.974. The summed E-state index contributed by atoms with van der Waals surface area (Å²) in [5, 5.41) is 0. The Morgan fingerprint density at radius 1 is 1.10 bits per heavy atom. The Kier molecular flexibility index (Phi) is 5.91. The third kappa shape index (κ3) is 2.79. The van der Waals surface area contributed by atoms with Crippen LogP contribution in [0.5, 0.6) is 0 Å². The quantitative estimate of drug-likeness (QED) is 0.532. The first-order chi connectivity index (χ1) is 4.79. The Bertz CT molecular complexity index is 61.4. The molecular weight excluding hydrogens is 142 g/mol. The number of hydrogen-bond acceptors (Lipinski definition) is 3. The molecule has 0 aliphatic carbocycles. The van der Waals surface area contributed by atoms with Gasteiger partial charge in [-0.05, 0) is 27.2 Å². The molecule has 0 aromatic carbocycles. The molecule has 62 valence electrons. The van der Waals surface area contributed by atoms with Crippen LogP contribution >= 0.6 is 0 Å². The molecule has 10 heavy (non-hydrogen) atoms. The molecule has 0 saturated heterocycles. The summed E-state index contributed by atoms with van der Waals surface area (Å²) < 4.78 is 2.44. The second-order valence-corrected chi connectivity index (χ2v) is 4.89. The van der Waals surface area contributed by atoms with Crippen LogP contribution in [-0.4, -0.2) is 41.0 Å². The Morgan fingerprint density at radius 2 is 1.50 bits per heavy atom. The van der Waals surface area contributed by atoms with E-state index in [1.807, 2.05) is 14.1 Å². The van der Waals surface area contributed by atoms with Gasteiger partial charge in [-0.3, -0.25) is 0 Å². The molecular formula is C6H19N3Si. The zero-order valence-electron chi connectivity index (χ0n) is 7.44. The highest BCUT2D eigenvalue weighted by molar-refractivity contribution is 6.49. The summed E-state index contributed by atoms with van der Waals surface area (Å²) >= 11 is 0. The second-order valence-electron chi connectivity index (χ2n) is 2.20. The molecule has 2 N–H and O–H groups in total. The van der Waals surface area contributed by atoms with Crippen molar-refractivity contribution in [3.8, 4) is 0 Å². The Balaban J connectivity index is 3.70. The van der Waals surface area contributed by atoms with Gasteiger partial charge >= 0.3 is 0 Å². The van der Waals surface area contributed by atoms with E-state index >= 15 is 0 Å². The second kappa shape index (κ2) is 5.85. The largest absolute Gasteiger partial charge is 0.318 e. The van der Waals surface area contributed by atoms with E-state index in [0.717, 1.165) is 13.1 Å². The molecule has 0 aliphatic rings. The fourth-order valence-corrected chi connectivity index (χ4v) is 2.85. The van der Waals surface area contributed by atoms with Crippen LogP contribution in [0.15, 0.2) is 0 Å². The van der Waals surface area contributed by atoms with Crippen molar-refractivity contribution < 1.29 is 0 Å². The van der Waals surface area contributed by atoms with Crippen LogP contribution in [0.4, 0.5) is 0 Å². The van der Waals surface area contributed by atoms with Crippen molar-refractivity contribution in [3.63, 3.8) is 0 Å². The molecule has 0 heterocycles. The van der Waals surface area contributed by atoms with Gasteiger partial charge in [0.25, 0.3) is 9.28 Å². The molecule has 0 aromatic rings. The normalized spacial score (nSPS) is 11.4. The summed E-state index contributed by atoms with van der Waals surface area (Å²) in [6.45, 7) is 6.65. The predicted molar refractivity (Wildman–Crippen MR) is 48.2 cm³/mol. The molecule has 0 aromatic heterocycles. The van der Waals surface area contributed by atoms with Crippen molar-refractivity contribution in [2.45, 2.75) is 13.8 Å². The number of nitrogens with one attached hydrogen (secondary N) is 2. The zero-order valence-corrected chi connectivity index (χ0v) is 8.59. The minimum absolute atomic E-state index is 0.974. The lowest BCUT2D eigenvalue weighted by Crippen LogP contribution is -2.57. The summed E-state index contributed by atoms with van der Waals surface area (Å²) in [7, 11) is 3.07. The van der Waals surface area contributed by atoms with Gasteiger partial charge in [0, 0.05) is 0 Å². The summed E-state index contributed by atoms with van der Waals surface area (Å²) in [5.41, 5.74) is 0. The van der Waals surface area contributed by atoms with Gasteiger partial charge in [-0.15, -0.1) is 0 Å². The van der Waals surface area contributed by atoms with Crippen LogP contribution < -0.4 is 9.96 Å². The van der Waals surface area contributed by atoms with Crippen molar-refractivity contribution in [3.05, 3.63) is 0 Å². The molecule has 4 heteroatoms. The lowest BCUT2D eigenvalue weighted by molar-refractivity contribution is 0.462. The van der Waals surface area contributed by atoms with E-state index in [4.69, 9.17) is 0 Å². The van der Waals surface area contributed by atoms with E-state index in [1.54, 1.807) is 0 Å². The maximum atomic E-state index is 3.31. The minimum Gasteiger partial charge on any atom is -0.318 e. The Morgan fingerprint density at radius 3 is 1.60 bits per heavy atom. The van der Waals surface area contributed by atoms with Gasteiger partial charge in [-0.1, -0.05) is 13.8 Å². The van der Waals surface area contributed by atoms with Gasteiger partial charge in [0.1, 0.15) is 0 Å². The van der Waals surface area contributed by atoms with Crippen molar-refractivity contribution >= 4 is 9.28 Å². The zero-order chi connectivity index (χ0) is 7.98. The van der Waals surface area contributed by atoms with E-state index in [0.29, 0.717) is 0 Å². The van der Waals surface area contributed by atoms with Gasteiger partial charge in [-0.2, -0.15) is 0 Å². The summed E-state index contributed by atoms with van der Waals surface area (Å²) in [6.07, 6.45) is 0. The Labute approximate surface area is 65.6 Å². The molecule has 3 nitrogen and oxygen atoms in total. The predicted octanol–water partition coefficient (Wildman–Crippen LogP) is -0.516. The van der Waals surface area contributed by atoms with E-state index in [1.165, 1.54) is 0 Å². The van der Waals surface area contributed by atoms with Crippen LogP contribution in [0.2, 0.25) is 0 Å². The lowest BCUT2D eigenvalue weighted by atomic mass is 10.7. The highest BCUT2D eigenvalue weighted by atomic mass is 28.3. The summed E-state index contributed by atoms with van der Waals surface area (Å²) in [6, 6.07) is 0. The average Bonchev–Trinajstić information content (AvgIpc) is 2.00. The average molecular weight is 161 g/mol. The summed E-state index contributed by atoms with van der Waals surface area (Å²) in [5.74, 6) is 0. The van der Waals surface area contributed by atoms with Gasteiger partial charge in [0.2, 0.25) is 0 Å². The number of rotatable bonds is 5. The first-order valence-electron chi connectivity index (χ1n) is 3.88. The first-order valence-corrected chi connectivity index (χ1v) is 5.55. The molecule has 0 amide bonds. The van der Waals surface area contributed by atoms with Crippen LogP contribution in [-0.2, 0) is 0 Å². The van der Waals surface area contributed by atoms with Crippen molar-refractivity contribution in [1.82, 2.24) is 14.5 Å². The van der Waals surface area contributed by atoms with Gasteiger partial charge in [0.05, 0.1) is 0 Å². The molecule has 0 unspecified atom stereocenters. The standard InChI is InChI=1S/C6H19N3Si/c1-5-9(6-2)10(7-3)8-4/h7-8,10H,5-6H2,1-4H3. The molecule has 0 bridgehead atoms. The highest BCUT2D eigenvalue weighted by Crippen LogP contribution is 1.85. The maximum absolute atomic E-state index is 3.31. The monoisotopic (exact) mass is 161 g/mol. The third-order valence-electron chi connectivity index (χ3n) is 1.72. The molecule has 0 atom stereocenters. The van der Waals surface area contributed by atoms with E-state index in [9.17, 15) is 0 Å². The summed E-state index contributed by atoms with van der Waals surface area (Å²) in [4.78, 5) is 6.61. The van der Waals surface area contributed by atoms with Crippen molar-refractivity contribution in [1.29, 1.82) is 0 Å². The molecule has 0 spiro atoms. The number of hydrogen-bond donors (Lipinski definition) is 2. The fourth-order valence-electron chi connectivity index (χ4n) is 1.10. The van der Waals surface area contributed by atoms with Gasteiger partial charge in [-0.25, -0.2) is 0 Å². The fraction of sp³-hybridized carbons (Fsp3) is 1.00. The smallest absolute Gasteiger partial charge is 0.266 e. The van der Waals surface area contributed by atoms with Crippen LogP contribution in [0, 0.1) is 0 Å². The van der Waals surface area contributed by atoms with E-state index < -0.39 is 9.28 Å². The highest BCUT2D eigenvalue weighted by Gasteiger charge is 2.12. The topological polar surface area (TPSA) is 27.3 Å². The van der Waals surface area contributed by atoms with E-state index in [-0.39, 0.29) is 0 Å². The van der Waals surface area contributed by atoms with Gasteiger partial charge in [0.15, 0.2) is 0 Å². The molecule has 0 fully saturated rings. The molecule has 0 rings (SSSR count).